The van der Waals surface area contributed by atoms with Crippen LogP contribution in [0.15, 0.2) is 79.1 Å². The summed E-state index contributed by atoms with van der Waals surface area (Å²) in [5, 5.41) is 2.38. The fourth-order valence-electron chi connectivity index (χ4n) is 2.54. The quantitative estimate of drug-likeness (QED) is 0.634. The summed E-state index contributed by atoms with van der Waals surface area (Å²) in [4.78, 5) is 29.0. The molecule has 148 valence electrons. The van der Waals surface area contributed by atoms with E-state index in [4.69, 9.17) is 4.74 Å². The maximum Gasteiger partial charge on any atom is 0.416 e. The first-order valence-corrected chi connectivity index (χ1v) is 8.48. The second-order valence-corrected chi connectivity index (χ2v) is 6.01. The monoisotopic (exact) mass is 400 g/mol. The Morgan fingerprint density at radius 2 is 1.72 bits per heavy atom. The van der Waals surface area contributed by atoms with Crippen LogP contribution in [-0.2, 0) is 15.7 Å². The maximum absolute atomic E-state index is 12.9. The van der Waals surface area contributed by atoms with Crippen molar-refractivity contribution in [3.05, 3.63) is 95.8 Å². The summed E-state index contributed by atoms with van der Waals surface area (Å²) in [7, 11) is 0. The molecule has 1 atom stereocenters. The molecule has 0 saturated carbocycles. The van der Waals surface area contributed by atoms with E-state index in [2.05, 4.69) is 10.3 Å². The van der Waals surface area contributed by atoms with E-state index in [1.54, 1.807) is 30.3 Å². The molecular weight excluding hydrogens is 385 g/mol. The van der Waals surface area contributed by atoms with E-state index in [0.717, 1.165) is 12.1 Å². The van der Waals surface area contributed by atoms with Gasteiger partial charge in [-0.05, 0) is 30.3 Å². The van der Waals surface area contributed by atoms with Gasteiger partial charge in [0.1, 0.15) is 0 Å². The van der Waals surface area contributed by atoms with Gasteiger partial charge >= 0.3 is 12.1 Å². The second-order valence-electron chi connectivity index (χ2n) is 6.01. The highest BCUT2D eigenvalue weighted by molar-refractivity contribution is 5.98. The molecule has 0 radical (unpaired) electrons. The van der Waals surface area contributed by atoms with Crippen molar-refractivity contribution in [1.29, 1.82) is 0 Å². The predicted octanol–water partition coefficient (Wildman–Crippen LogP) is 4.64. The van der Waals surface area contributed by atoms with Gasteiger partial charge in [-0.2, -0.15) is 13.2 Å². The van der Waals surface area contributed by atoms with Gasteiger partial charge < -0.3 is 10.1 Å². The number of nitrogens with zero attached hydrogens (tertiary/aromatic N) is 1. The number of hydrogen-bond donors (Lipinski definition) is 1. The normalized spacial score (nSPS) is 12.1. The lowest BCUT2D eigenvalue weighted by molar-refractivity contribution is -0.137. The maximum atomic E-state index is 12.9. The number of anilines is 1. The molecule has 0 saturated heterocycles. The highest BCUT2D eigenvalue weighted by Crippen LogP contribution is 2.31. The topological polar surface area (TPSA) is 68.3 Å². The number of carbonyl (C=O) groups excluding carboxylic acids is 2. The van der Waals surface area contributed by atoms with Crippen molar-refractivity contribution in [1.82, 2.24) is 4.98 Å². The van der Waals surface area contributed by atoms with Gasteiger partial charge in [-0.25, -0.2) is 4.79 Å². The van der Waals surface area contributed by atoms with Crippen LogP contribution >= 0.6 is 0 Å². The van der Waals surface area contributed by atoms with E-state index in [1.165, 1.54) is 36.7 Å². The van der Waals surface area contributed by atoms with Gasteiger partial charge in [-0.15, -0.1) is 0 Å². The molecule has 3 aromatic rings. The predicted molar refractivity (Wildman–Crippen MR) is 98.9 cm³/mol. The number of alkyl halides is 3. The minimum absolute atomic E-state index is 0.0665. The van der Waals surface area contributed by atoms with Gasteiger partial charge in [-0.1, -0.05) is 36.4 Å². The zero-order valence-corrected chi connectivity index (χ0v) is 14.9. The number of amides is 1. The number of halogens is 3. The fourth-order valence-corrected chi connectivity index (χ4v) is 2.54. The lowest BCUT2D eigenvalue weighted by atomic mass is 10.1. The highest BCUT2D eigenvalue weighted by Gasteiger charge is 2.31. The first-order valence-electron chi connectivity index (χ1n) is 8.48. The number of esters is 1. The average Bonchev–Trinajstić information content (AvgIpc) is 2.72. The summed E-state index contributed by atoms with van der Waals surface area (Å²) >= 11 is 0. The second kappa shape index (κ2) is 8.55. The molecule has 0 aliphatic heterocycles. The van der Waals surface area contributed by atoms with E-state index in [-0.39, 0.29) is 11.3 Å². The van der Waals surface area contributed by atoms with Crippen molar-refractivity contribution in [3.8, 4) is 0 Å². The number of aromatic nitrogens is 1. The van der Waals surface area contributed by atoms with Gasteiger partial charge in [0.2, 0.25) is 6.10 Å². The molecule has 1 unspecified atom stereocenters. The lowest BCUT2D eigenvalue weighted by Crippen LogP contribution is -2.26. The Balaban J connectivity index is 1.85. The van der Waals surface area contributed by atoms with E-state index in [0.29, 0.717) is 5.56 Å². The van der Waals surface area contributed by atoms with Crippen LogP contribution in [0.25, 0.3) is 0 Å². The van der Waals surface area contributed by atoms with Crippen molar-refractivity contribution in [2.45, 2.75) is 12.3 Å². The van der Waals surface area contributed by atoms with E-state index in [1.807, 2.05) is 0 Å². The largest absolute Gasteiger partial charge is 0.444 e. The summed E-state index contributed by atoms with van der Waals surface area (Å²) in [6, 6.07) is 15.4. The van der Waals surface area contributed by atoms with Crippen molar-refractivity contribution in [2.75, 3.05) is 5.32 Å². The molecule has 0 bridgehead atoms. The number of nitrogens with one attached hydrogen (secondary N) is 1. The van der Waals surface area contributed by atoms with Gasteiger partial charge in [0.05, 0.1) is 11.1 Å². The SMILES string of the molecule is O=C(OC(C(=O)Nc1cccc(C(F)(F)F)c1)c1ccccc1)c1cccnc1. The number of carbonyl (C=O) groups is 2. The van der Waals surface area contributed by atoms with Crippen molar-refractivity contribution < 1.29 is 27.5 Å². The Kier molecular flexibility index (Phi) is 5.92. The molecule has 29 heavy (non-hydrogen) atoms. The highest BCUT2D eigenvalue weighted by atomic mass is 19.4. The van der Waals surface area contributed by atoms with Gasteiger partial charge in [-0.3, -0.25) is 9.78 Å². The Morgan fingerprint density at radius 3 is 2.38 bits per heavy atom. The summed E-state index contributed by atoms with van der Waals surface area (Å²) in [5.41, 5.74) is -0.461. The van der Waals surface area contributed by atoms with E-state index >= 15 is 0 Å². The average molecular weight is 400 g/mol. The van der Waals surface area contributed by atoms with Gasteiger partial charge in [0.15, 0.2) is 0 Å². The molecule has 3 rings (SSSR count). The molecule has 1 aromatic heterocycles. The molecule has 0 fully saturated rings. The Labute approximate surface area is 164 Å². The molecule has 5 nitrogen and oxygen atoms in total. The van der Waals surface area contributed by atoms with Crippen LogP contribution in [0.4, 0.5) is 18.9 Å². The Bertz CT molecular complexity index is 993. The summed E-state index contributed by atoms with van der Waals surface area (Å²) in [6.45, 7) is 0. The number of ether oxygens (including phenoxy) is 1. The molecule has 0 aliphatic carbocycles. The first-order chi connectivity index (χ1) is 13.8. The summed E-state index contributed by atoms with van der Waals surface area (Å²) < 4.78 is 44.0. The molecule has 8 heteroatoms. The third-order valence-electron chi connectivity index (χ3n) is 3.92. The van der Waals surface area contributed by atoms with Crippen LogP contribution in [-0.4, -0.2) is 16.9 Å². The Morgan fingerprint density at radius 1 is 0.966 bits per heavy atom. The number of rotatable bonds is 5. The number of hydrogen-bond acceptors (Lipinski definition) is 4. The zero-order chi connectivity index (χ0) is 20.9. The number of pyridine rings is 1. The zero-order valence-electron chi connectivity index (χ0n) is 14.9. The van der Waals surface area contributed by atoms with E-state index < -0.39 is 29.7 Å². The smallest absolute Gasteiger partial charge is 0.416 e. The van der Waals surface area contributed by atoms with Crippen LogP contribution in [0.2, 0.25) is 0 Å². The molecule has 0 spiro atoms. The van der Waals surface area contributed by atoms with Crippen LogP contribution in [0.5, 0.6) is 0 Å². The molecule has 1 N–H and O–H groups in total. The first kappa shape index (κ1) is 20.1. The van der Waals surface area contributed by atoms with Crippen LogP contribution in [0.3, 0.4) is 0 Å². The molecule has 1 heterocycles. The third-order valence-corrected chi connectivity index (χ3v) is 3.92. The van der Waals surface area contributed by atoms with Gasteiger partial charge in [0.25, 0.3) is 5.91 Å². The molecule has 2 aromatic carbocycles. The van der Waals surface area contributed by atoms with Crippen LogP contribution < -0.4 is 5.32 Å². The molecular formula is C21H15F3N2O3. The van der Waals surface area contributed by atoms with E-state index in [9.17, 15) is 22.8 Å². The van der Waals surface area contributed by atoms with Crippen molar-refractivity contribution in [3.63, 3.8) is 0 Å². The van der Waals surface area contributed by atoms with Crippen LogP contribution in [0, 0.1) is 0 Å². The molecule has 0 aliphatic rings. The van der Waals surface area contributed by atoms with Crippen molar-refractivity contribution >= 4 is 17.6 Å². The fraction of sp³-hybridized carbons (Fsp3) is 0.0952. The summed E-state index contributed by atoms with van der Waals surface area (Å²) in [5.74, 6) is -1.57. The number of benzene rings is 2. The third kappa shape index (κ3) is 5.19. The standard InChI is InChI=1S/C21H15F3N2O3/c22-21(23,24)16-9-4-10-17(12-16)26-19(27)18(14-6-2-1-3-7-14)29-20(28)15-8-5-11-25-13-15/h1-13,18H,(H,26,27). The summed E-state index contributed by atoms with van der Waals surface area (Å²) in [6.07, 6.45) is -3.15. The van der Waals surface area contributed by atoms with Crippen molar-refractivity contribution in [2.24, 2.45) is 0 Å². The molecule has 1 amide bonds. The van der Waals surface area contributed by atoms with Gasteiger partial charge in [0, 0.05) is 23.6 Å². The van der Waals surface area contributed by atoms with Crippen LogP contribution in [0.1, 0.15) is 27.6 Å². The minimum atomic E-state index is -4.55. The lowest BCUT2D eigenvalue weighted by Gasteiger charge is -2.18. The Hall–Kier alpha value is -3.68. The minimum Gasteiger partial charge on any atom is -0.444 e.